The Kier molecular flexibility index (Phi) is 3.53. The second-order valence-electron chi connectivity index (χ2n) is 5.82. The molecule has 0 unspecified atom stereocenters. The van der Waals surface area contributed by atoms with Crippen molar-refractivity contribution in [3.63, 3.8) is 0 Å². The minimum atomic E-state index is -1.12. The van der Waals surface area contributed by atoms with Crippen LogP contribution in [0.5, 0.6) is 0 Å². The van der Waals surface area contributed by atoms with Gasteiger partial charge in [0, 0.05) is 17.6 Å². The van der Waals surface area contributed by atoms with Crippen LogP contribution in [0.15, 0.2) is 36.4 Å². The molecule has 0 saturated heterocycles. The molecule has 1 fully saturated rings. The predicted octanol–water partition coefficient (Wildman–Crippen LogP) is 1.38. The van der Waals surface area contributed by atoms with Crippen molar-refractivity contribution in [3.8, 4) is 0 Å². The summed E-state index contributed by atoms with van der Waals surface area (Å²) in [5, 5.41) is 14.3. The third-order valence-electron chi connectivity index (χ3n) is 4.69. The van der Waals surface area contributed by atoms with E-state index in [0.29, 0.717) is 0 Å². The van der Waals surface area contributed by atoms with E-state index in [0.717, 1.165) is 24.1 Å². The lowest BCUT2D eigenvalue weighted by Gasteiger charge is -2.28. The van der Waals surface area contributed by atoms with Crippen LogP contribution >= 0.6 is 0 Å². The Hall–Kier alpha value is -2.10. The minimum Gasteiger partial charge on any atom is -0.550 e. The number of hydrogen-bond acceptors (Lipinski definition) is 3. The topological polar surface area (TPSA) is 69.2 Å². The summed E-state index contributed by atoms with van der Waals surface area (Å²) in [5.74, 6) is -2.58. The van der Waals surface area contributed by atoms with Crippen LogP contribution in [0.3, 0.4) is 0 Å². The monoisotopic (exact) mass is 284 g/mol. The van der Waals surface area contributed by atoms with E-state index in [-0.39, 0.29) is 17.7 Å². The van der Waals surface area contributed by atoms with Gasteiger partial charge in [-0.3, -0.25) is 4.79 Å². The quantitative estimate of drug-likeness (QED) is 0.849. The highest BCUT2D eigenvalue weighted by atomic mass is 16.4. The Morgan fingerprint density at radius 1 is 1.19 bits per heavy atom. The molecule has 1 amide bonds. The maximum atomic E-state index is 12.6. The van der Waals surface area contributed by atoms with Crippen LogP contribution in [-0.2, 0) is 16.0 Å². The highest BCUT2D eigenvalue weighted by Crippen LogP contribution is 2.48. The van der Waals surface area contributed by atoms with Crippen molar-refractivity contribution in [3.05, 3.63) is 42.0 Å². The number of hydrogen-bond donors (Lipinski definition) is 1. The van der Waals surface area contributed by atoms with E-state index >= 15 is 0 Å². The maximum Gasteiger partial charge on any atom is 0.228 e. The Labute approximate surface area is 123 Å². The van der Waals surface area contributed by atoms with Gasteiger partial charge in [0.25, 0.3) is 0 Å². The molecular weight excluding hydrogens is 266 g/mol. The SMILES string of the molecule is CCc1ccccc1NC(=O)[C@@H]1[C@@H](C(=O)[O-])[C@H]2C=C[C@@H]1C2. The summed E-state index contributed by atoms with van der Waals surface area (Å²) in [6.07, 6.45) is 5.44. The van der Waals surface area contributed by atoms with Crippen LogP contribution in [-0.4, -0.2) is 11.9 Å². The average molecular weight is 284 g/mol. The molecule has 1 N–H and O–H groups in total. The first-order chi connectivity index (χ1) is 10.1. The van der Waals surface area contributed by atoms with Gasteiger partial charge in [0.1, 0.15) is 0 Å². The Morgan fingerprint density at radius 2 is 1.86 bits per heavy atom. The molecule has 1 saturated carbocycles. The van der Waals surface area contributed by atoms with Crippen molar-refractivity contribution in [1.29, 1.82) is 0 Å². The summed E-state index contributed by atoms with van der Waals surface area (Å²) in [7, 11) is 0. The molecule has 0 heterocycles. The molecule has 3 rings (SSSR count). The van der Waals surface area contributed by atoms with Gasteiger partial charge >= 0.3 is 0 Å². The van der Waals surface area contributed by atoms with Crippen LogP contribution in [0.2, 0.25) is 0 Å². The third-order valence-corrected chi connectivity index (χ3v) is 4.69. The summed E-state index contributed by atoms with van der Waals surface area (Å²) >= 11 is 0. The number of para-hydroxylation sites is 1. The predicted molar refractivity (Wildman–Crippen MR) is 77.2 cm³/mol. The molecule has 110 valence electrons. The zero-order valence-corrected chi connectivity index (χ0v) is 11.9. The zero-order valence-electron chi connectivity index (χ0n) is 11.9. The first-order valence-electron chi connectivity index (χ1n) is 7.39. The first kappa shape index (κ1) is 13.9. The van der Waals surface area contributed by atoms with E-state index in [4.69, 9.17) is 0 Å². The number of fused-ring (bicyclic) bond motifs is 2. The van der Waals surface area contributed by atoms with Crippen LogP contribution < -0.4 is 10.4 Å². The van der Waals surface area contributed by atoms with E-state index in [1.54, 1.807) is 0 Å². The Morgan fingerprint density at radius 3 is 2.52 bits per heavy atom. The van der Waals surface area contributed by atoms with Gasteiger partial charge in [0.15, 0.2) is 0 Å². The number of carboxylic acid groups (broad SMARTS) is 1. The zero-order chi connectivity index (χ0) is 15.0. The highest BCUT2D eigenvalue weighted by Gasteiger charge is 2.48. The van der Waals surface area contributed by atoms with E-state index in [2.05, 4.69) is 5.32 Å². The van der Waals surface area contributed by atoms with Crippen molar-refractivity contribution in [2.24, 2.45) is 23.7 Å². The van der Waals surface area contributed by atoms with Crippen molar-refractivity contribution < 1.29 is 14.7 Å². The molecule has 0 spiro atoms. The summed E-state index contributed by atoms with van der Waals surface area (Å²) in [5.41, 5.74) is 1.82. The summed E-state index contributed by atoms with van der Waals surface area (Å²) in [6.45, 7) is 2.02. The molecule has 21 heavy (non-hydrogen) atoms. The lowest BCUT2D eigenvalue weighted by atomic mass is 9.82. The second kappa shape index (κ2) is 5.35. The fourth-order valence-electron chi connectivity index (χ4n) is 3.67. The largest absolute Gasteiger partial charge is 0.550 e. The maximum absolute atomic E-state index is 12.6. The standard InChI is InChI=1S/C17H19NO3/c1-2-10-5-3-4-6-13(10)18-16(19)14-11-7-8-12(9-11)15(14)17(20)21/h3-8,11-12,14-15H,2,9H2,1H3,(H,18,19)(H,20,21)/p-1/t11-,12+,14+,15+/m1/s1. The molecule has 4 heteroatoms. The van der Waals surface area contributed by atoms with E-state index in [9.17, 15) is 14.7 Å². The molecule has 1 aromatic rings. The number of allylic oxidation sites excluding steroid dienone is 2. The Balaban J connectivity index is 1.82. The van der Waals surface area contributed by atoms with Crippen molar-refractivity contribution in [2.45, 2.75) is 19.8 Å². The highest BCUT2D eigenvalue weighted by molar-refractivity contribution is 5.96. The Bertz CT molecular complexity index is 608. The van der Waals surface area contributed by atoms with Gasteiger partial charge in [-0.05, 0) is 36.3 Å². The number of nitrogens with one attached hydrogen (secondary N) is 1. The lowest BCUT2D eigenvalue weighted by molar-refractivity contribution is -0.313. The smallest absolute Gasteiger partial charge is 0.228 e. The number of carboxylic acids is 1. The molecule has 0 radical (unpaired) electrons. The van der Waals surface area contributed by atoms with Gasteiger partial charge < -0.3 is 15.2 Å². The number of benzene rings is 1. The molecule has 4 nitrogen and oxygen atoms in total. The van der Waals surface area contributed by atoms with Crippen LogP contribution in [0.4, 0.5) is 5.69 Å². The van der Waals surface area contributed by atoms with Gasteiger partial charge in [-0.15, -0.1) is 0 Å². The lowest BCUT2D eigenvalue weighted by Crippen LogP contribution is -2.43. The fourth-order valence-corrected chi connectivity index (χ4v) is 3.67. The number of anilines is 1. The number of aryl methyl sites for hydroxylation is 1. The molecule has 1 aromatic carbocycles. The summed E-state index contributed by atoms with van der Waals surface area (Å²) in [6, 6.07) is 7.62. The third kappa shape index (κ3) is 2.35. The number of aliphatic carboxylic acids is 1. The van der Waals surface area contributed by atoms with Crippen LogP contribution in [0.25, 0.3) is 0 Å². The van der Waals surface area contributed by atoms with Crippen molar-refractivity contribution in [2.75, 3.05) is 5.32 Å². The van der Waals surface area contributed by atoms with Crippen LogP contribution in [0, 0.1) is 23.7 Å². The van der Waals surface area contributed by atoms with Crippen LogP contribution in [0.1, 0.15) is 18.9 Å². The number of amides is 1. The van der Waals surface area contributed by atoms with Gasteiger partial charge in [-0.25, -0.2) is 0 Å². The van der Waals surface area contributed by atoms with E-state index < -0.39 is 17.8 Å². The molecule has 2 aliphatic rings. The normalized spacial score (nSPS) is 29.6. The van der Waals surface area contributed by atoms with E-state index in [1.807, 2.05) is 43.3 Å². The molecule has 2 bridgehead atoms. The second-order valence-corrected chi connectivity index (χ2v) is 5.82. The first-order valence-corrected chi connectivity index (χ1v) is 7.39. The fraction of sp³-hybridized carbons (Fsp3) is 0.412. The summed E-state index contributed by atoms with van der Waals surface area (Å²) in [4.78, 5) is 23.9. The van der Waals surface area contributed by atoms with Gasteiger partial charge in [-0.1, -0.05) is 37.3 Å². The number of carbonyl (C=O) groups excluding carboxylic acids is 2. The minimum absolute atomic E-state index is 0.0201. The molecular formula is C17H18NO3-. The number of rotatable bonds is 4. The molecule has 0 aromatic heterocycles. The van der Waals surface area contributed by atoms with Gasteiger partial charge in [0.2, 0.25) is 5.91 Å². The van der Waals surface area contributed by atoms with Crippen molar-refractivity contribution >= 4 is 17.6 Å². The molecule has 0 aliphatic heterocycles. The average Bonchev–Trinajstić information content (AvgIpc) is 3.08. The number of carbonyl (C=O) groups is 2. The van der Waals surface area contributed by atoms with Gasteiger partial charge in [-0.2, -0.15) is 0 Å². The molecule has 4 atom stereocenters. The molecule has 2 aliphatic carbocycles. The van der Waals surface area contributed by atoms with Crippen molar-refractivity contribution in [1.82, 2.24) is 0 Å². The van der Waals surface area contributed by atoms with E-state index in [1.165, 1.54) is 0 Å². The summed E-state index contributed by atoms with van der Waals surface area (Å²) < 4.78 is 0. The van der Waals surface area contributed by atoms with Gasteiger partial charge in [0.05, 0.1) is 5.92 Å².